The lowest BCUT2D eigenvalue weighted by molar-refractivity contribution is -0.122. The van der Waals surface area contributed by atoms with E-state index in [-0.39, 0.29) is 11.8 Å². The minimum absolute atomic E-state index is 0.00982. The monoisotopic (exact) mass is 357 g/mol. The maximum Gasteiger partial charge on any atom is 0.288 e. The first kappa shape index (κ1) is 18.7. The van der Waals surface area contributed by atoms with Crippen molar-refractivity contribution in [2.45, 2.75) is 17.6 Å². The number of hydrogen-bond donors (Lipinski definition) is 1. The largest absolute Gasteiger partial charge is 0.355 e. The zero-order valence-corrected chi connectivity index (χ0v) is 14.3. The Morgan fingerprint density at radius 2 is 1.79 bits per heavy atom. The molecule has 0 aromatic heterocycles. The second kappa shape index (κ2) is 8.98. The number of rotatable bonds is 6. The van der Waals surface area contributed by atoms with Crippen LogP contribution in [0.5, 0.6) is 0 Å². The van der Waals surface area contributed by atoms with Crippen LogP contribution < -0.4 is 5.32 Å². The van der Waals surface area contributed by atoms with E-state index >= 15 is 0 Å². The molecular formula is C16H21F2N3O2S. The lowest BCUT2D eigenvalue weighted by Crippen LogP contribution is -2.51. The standard InChI is InChI=1S/C16H21F2N3O2S/c1-2-19-14(22)11-20-7-9-21(10-8-20)15(23)12-3-5-13(6-4-12)24-16(17)18/h3-6,16H,2,7-11H2,1H3,(H,19,22). The van der Waals surface area contributed by atoms with E-state index in [9.17, 15) is 18.4 Å². The summed E-state index contributed by atoms with van der Waals surface area (Å²) in [6.45, 7) is 5.20. The number of alkyl halides is 2. The average molecular weight is 357 g/mol. The second-order valence-corrected chi connectivity index (χ2v) is 6.49. The van der Waals surface area contributed by atoms with Gasteiger partial charge in [0.05, 0.1) is 6.54 Å². The van der Waals surface area contributed by atoms with E-state index in [2.05, 4.69) is 5.32 Å². The fourth-order valence-electron chi connectivity index (χ4n) is 2.53. The van der Waals surface area contributed by atoms with Gasteiger partial charge in [-0.25, -0.2) is 0 Å². The van der Waals surface area contributed by atoms with Crippen molar-refractivity contribution in [1.29, 1.82) is 0 Å². The molecule has 1 aromatic carbocycles. The van der Waals surface area contributed by atoms with Crippen LogP contribution in [0.2, 0.25) is 0 Å². The van der Waals surface area contributed by atoms with Crippen molar-refractivity contribution >= 4 is 23.6 Å². The molecule has 8 heteroatoms. The summed E-state index contributed by atoms with van der Waals surface area (Å²) in [5.41, 5.74) is 0.491. The fourth-order valence-corrected chi connectivity index (χ4v) is 3.03. The van der Waals surface area contributed by atoms with Gasteiger partial charge < -0.3 is 10.2 Å². The molecule has 0 spiro atoms. The Hall–Kier alpha value is -1.67. The maximum absolute atomic E-state index is 12.4. The molecule has 1 fully saturated rings. The molecule has 0 atom stereocenters. The quantitative estimate of drug-likeness (QED) is 0.790. The van der Waals surface area contributed by atoms with Gasteiger partial charge in [0.25, 0.3) is 11.7 Å². The van der Waals surface area contributed by atoms with E-state index in [4.69, 9.17) is 0 Å². The van der Waals surface area contributed by atoms with Crippen molar-refractivity contribution in [1.82, 2.24) is 15.1 Å². The van der Waals surface area contributed by atoms with Crippen molar-refractivity contribution in [2.24, 2.45) is 0 Å². The van der Waals surface area contributed by atoms with Crippen LogP contribution in [0.3, 0.4) is 0 Å². The van der Waals surface area contributed by atoms with Gasteiger partial charge in [0, 0.05) is 43.2 Å². The average Bonchev–Trinajstić information content (AvgIpc) is 2.55. The van der Waals surface area contributed by atoms with Gasteiger partial charge in [0.15, 0.2) is 0 Å². The van der Waals surface area contributed by atoms with Gasteiger partial charge in [-0.2, -0.15) is 8.78 Å². The summed E-state index contributed by atoms with van der Waals surface area (Å²) in [5.74, 6) is -2.59. The number of thioether (sulfide) groups is 1. The fraction of sp³-hybridized carbons (Fsp3) is 0.500. The van der Waals surface area contributed by atoms with Crippen LogP contribution in [-0.2, 0) is 4.79 Å². The first-order valence-electron chi connectivity index (χ1n) is 7.82. The van der Waals surface area contributed by atoms with Crippen LogP contribution in [0, 0.1) is 0 Å². The van der Waals surface area contributed by atoms with Crippen molar-refractivity contribution in [3.63, 3.8) is 0 Å². The summed E-state index contributed by atoms with van der Waals surface area (Å²) < 4.78 is 24.6. The Bertz CT molecular complexity index is 561. The maximum atomic E-state index is 12.4. The van der Waals surface area contributed by atoms with Crippen LogP contribution in [0.15, 0.2) is 29.2 Å². The van der Waals surface area contributed by atoms with E-state index in [0.717, 1.165) is 0 Å². The predicted octanol–water partition coefficient (Wildman–Crippen LogP) is 1.90. The number of likely N-dealkylation sites (N-methyl/N-ethyl adjacent to an activating group) is 1. The summed E-state index contributed by atoms with van der Waals surface area (Å²) in [6.07, 6.45) is 0. The van der Waals surface area contributed by atoms with Gasteiger partial charge in [0.2, 0.25) is 5.91 Å². The minimum Gasteiger partial charge on any atom is -0.355 e. The topological polar surface area (TPSA) is 52.7 Å². The van der Waals surface area contributed by atoms with E-state index in [1.165, 1.54) is 12.1 Å². The van der Waals surface area contributed by atoms with Gasteiger partial charge >= 0.3 is 0 Å². The first-order chi connectivity index (χ1) is 11.5. The summed E-state index contributed by atoms with van der Waals surface area (Å²) >= 11 is 0.462. The third kappa shape index (κ3) is 5.45. The third-order valence-corrected chi connectivity index (χ3v) is 4.45. The number of carbonyl (C=O) groups is 2. The van der Waals surface area contributed by atoms with Crippen LogP contribution in [-0.4, -0.2) is 66.6 Å². The molecule has 2 rings (SSSR count). The molecule has 0 aliphatic carbocycles. The van der Waals surface area contributed by atoms with Crippen LogP contribution in [0.4, 0.5) is 8.78 Å². The molecule has 1 N–H and O–H groups in total. The number of amides is 2. The van der Waals surface area contributed by atoms with E-state index in [1.54, 1.807) is 17.0 Å². The van der Waals surface area contributed by atoms with Gasteiger partial charge in [-0.3, -0.25) is 14.5 Å². The van der Waals surface area contributed by atoms with E-state index in [1.807, 2.05) is 11.8 Å². The predicted molar refractivity (Wildman–Crippen MR) is 89.3 cm³/mol. The number of piperazine rings is 1. The van der Waals surface area contributed by atoms with Gasteiger partial charge in [-0.05, 0) is 31.2 Å². The summed E-state index contributed by atoms with van der Waals surface area (Å²) in [7, 11) is 0. The van der Waals surface area contributed by atoms with Crippen LogP contribution in [0.25, 0.3) is 0 Å². The number of halogens is 2. The number of nitrogens with one attached hydrogen (secondary N) is 1. The highest BCUT2D eigenvalue weighted by Crippen LogP contribution is 2.25. The molecule has 2 amide bonds. The first-order valence-corrected chi connectivity index (χ1v) is 8.70. The van der Waals surface area contributed by atoms with Crippen molar-refractivity contribution < 1.29 is 18.4 Å². The lowest BCUT2D eigenvalue weighted by atomic mass is 10.2. The molecular weight excluding hydrogens is 336 g/mol. The molecule has 0 unspecified atom stereocenters. The van der Waals surface area contributed by atoms with Crippen molar-refractivity contribution in [3.8, 4) is 0 Å². The zero-order chi connectivity index (χ0) is 17.5. The van der Waals surface area contributed by atoms with Crippen molar-refractivity contribution in [3.05, 3.63) is 29.8 Å². The van der Waals surface area contributed by atoms with Crippen molar-refractivity contribution in [2.75, 3.05) is 39.3 Å². The third-order valence-electron chi connectivity index (χ3n) is 3.73. The van der Waals surface area contributed by atoms with E-state index < -0.39 is 5.76 Å². The number of nitrogens with zero attached hydrogens (tertiary/aromatic N) is 2. The zero-order valence-electron chi connectivity index (χ0n) is 13.5. The number of benzene rings is 1. The molecule has 0 radical (unpaired) electrons. The second-order valence-electron chi connectivity index (χ2n) is 5.42. The van der Waals surface area contributed by atoms with Crippen LogP contribution in [0.1, 0.15) is 17.3 Å². The molecule has 1 saturated heterocycles. The smallest absolute Gasteiger partial charge is 0.288 e. The highest BCUT2D eigenvalue weighted by Gasteiger charge is 2.23. The summed E-state index contributed by atoms with van der Waals surface area (Å²) in [5, 5.41) is 2.75. The summed E-state index contributed by atoms with van der Waals surface area (Å²) in [6, 6.07) is 6.23. The molecule has 0 saturated carbocycles. The van der Waals surface area contributed by atoms with Gasteiger partial charge in [-0.15, -0.1) is 0 Å². The Balaban J connectivity index is 1.85. The highest BCUT2D eigenvalue weighted by molar-refractivity contribution is 7.99. The summed E-state index contributed by atoms with van der Waals surface area (Å²) in [4.78, 5) is 28.2. The Labute approximate surface area is 144 Å². The molecule has 0 bridgehead atoms. The van der Waals surface area contributed by atoms with Gasteiger partial charge in [-0.1, -0.05) is 11.8 Å². The Morgan fingerprint density at radius 1 is 1.17 bits per heavy atom. The number of carbonyl (C=O) groups excluding carboxylic acids is 2. The molecule has 132 valence electrons. The molecule has 24 heavy (non-hydrogen) atoms. The van der Waals surface area contributed by atoms with E-state index in [0.29, 0.717) is 61.5 Å². The van der Waals surface area contributed by atoms with Crippen LogP contribution >= 0.6 is 11.8 Å². The molecule has 5 nitrogen and oxygen atoms in total. The molecule has 1 aliphatic heterocycles. The number of hydrogen-bond acceptors (Lipinski definition) is 4. The van der Waals surface area contributed by atoms with Gasteiger partial charge in [0.1, 0.15) is 0 Å². The Morgan fingerprint density at radius 3 is 2.33 bits per heavy atom. The molecule has 1 aliphatic rings. The Kier molecular flexibility index (Phi) is 6.99. The minimum atomic E-state index is -2.47. The highest BCUT2D eigenvalue weighted by atomic mass is 32.2. The normalized spacial score (nSPS) is 15.6. The molecule has 1 aromatic rings. The SMILES string of the molecule is CCNC(=O)CN1CCN(C(=O)c2ccc(SC(F)F)cc2)CC1. The molecule has 1 heterocycles. The lowest BCUT2D eigenvalue weighted by Gasteiger charge is -2.34.